The molecule has 6 heterocycles. The van der Waals surface area contributed by atoms with Crippen LogP contribution in [0.2, 0.25) is 0 Å². The van der Waals surface area contributed by atoms with Crippen LogP contribution in [0, 0.1) is 5.82 Å². The standard InChI is InChI=1S/C34H32FN3O6/c1-2-34(41)24-14-28-31-22(16-38(28)32(39)23(24)17-42-33(34)40)20(21-13-29-30(44-18-43-29)15-26(21)36-31)8-6-19-7-9-27(25(35)12-19)37-10-4-3-5-11-37/h7,9,12-15,41H,2-6,8,10-11,16-18H2,1H3/t34-/m0/s1. The van der Waals surface area contributed by atoms with E-state index in [1.807, 2.05) is 24.3 Å². The molecule has 44 heavy (non-hydrogen) atoms. The molecule has 9 nitrogen and oxygen atoms in total. The maximum atomic E-state index is 15.3. The van der Waals surface area contributed by atoms with Crippen molar-refractivity contribution in [3.05, 3.63) is 80.4 Å². The van der Waals surface area contributed by atoms with Gasteiger partial charge in [0.1, 0.15) is 12.4 Å². The van der Waals surface area contributed by atoms with Crippen molar-refractivity contribution in [3.63, 3.8) is 0 Å². The lowest BCUT2D eigenvalue weighted by Crippen LogP contribution is -2.44. The van der Waals surface area contributed by atoms with Gasteiger partial charge in [-0.2, -0.15) is 0 Å². The second-order valence-corrected chi connectivity index (χ2v) is 12.1. The first-order valence-corrected chi connectivity index (χ1v) is 15.3. The molecule has 4 aliphatic heterocycles. The van der Waals surface area contributed by atoms with Crippen LogP contribution < -0.4 is 19.9 Å². The summed E-state index contributed by atoms with van der Waals surface area (Å²) in [7, 11) is 0. The molecule has 10 heteroatoms. The summed E-state index contributed by atoms with van der Waals surface area (Å²) >= 11 is 0. The number of ether oxygens (including phenoxy) is 3. The Kier molecular flexibility index (Phi) is 6.20. The Morgan fingerprint density at radius 1 is 0.977 bits per heavy atom. The summed E-state index contributed by atoms with van der Waals surface area (Å²) in [6.45, 7) is 3.66. The van der Waals surface area contributed by atoms with Crippen LogP contribution in [-0.4, -0.2) is 40.5 Å². The normalized spacial score (nSPS) is 20.0. The molecule has 0 spiro atoms. The zero-order valence-corrected chi connectivity index (χ0v) is 24.5. The molecule has 4 aromatic rings. The van der Waals surface area contributed by atoms with Crippen molar-refractivity contribution in [1.29, 1.82) is 0 Å². The predicted octanol–water partition coefficient (Wildman–Crippen LogP) is 4.72. The van der Waals surface area contributed by atoms with Gasteiger partial charge in [-0.25, -0.2) is 14.2 Å². The van der Waals surface area contributed by atoms with Crippen LogP contribution in [-0.2, 0) is 41.1 Å². The van der Waals surface area contributed by atoms with Crippen molar-refractivity contribution in [2.75, 3.05) is 24.8 Å². The SMILES string of the molecule is CC[C@@]1(O)C(=O)OCc2c1cc1n(c2=O)Cc2c-1nc1cc3c(cc1c2CCc1ccc(N2CCCCC2)c(F)c1)OCO3. The van der Waals surface area contributed by atoms with Crippen molar-refractivity contribution in [3.8, 4) is 22.9 Å². The molecule has 4 aliphatic rings. The van der Waals surface area contributed by atoms with E-state index in [2.05, 4.69) is 4.90 Å². The van der Waals surface area contributed by atoms with Crippen LogP contribution in [0.3, 0.4) is 0 Å². The quantitative estimate of drug-likeness (QED) is 0.291. The molecule has 0 radical (unpaired) electrons. The summed E-state index contributed by atoms with van der Waals surface area (Å²) in [6.07, 6.45) is 4.57. The van der Waals surface area contributed by atoms with Crippen LogP contribution >= 0.6 is 0 Å². The number of halogens is 1. The number of hydrogen-bond acceptors (Lipinski definition) is 8. The number of aliphatic hydroxyl groups is 1. The molecule has 1 atom stereocenters. The predicted molar refractivity (Wildman–Crippen MR) is 161 cm³/mol. The third kappa shape index (κ3) is 4.03. The van der Waals surface area contributed by atoms with E-state index in [1.165, 1.54) is 6.42 Å². The molecule has 1 saturated heterocycles. The highest BCUT2D eigenvalue weighted by Crippen LogP contribution is 2.43. The second-order valence-electron chi connectivity index (χ2n) is 12.1. The Bertz CT molecular complexity index is 1930. The molecule has 2 aromatic heterocycles. The molecule has 0 unspecified atom stereocenters. The highest BCUT2D eigenvalue weighted by atomic mass is 19.1. The van der Waals surface area contributed by atoms with E-state index in [0.29, 0.717) is 46.9 Å². The largest absolute Gasteiger partial charge is 0.458 e. The molecule has 8 rings (SSSR count). The fourth-order valence-corrected chi connectivity index (χ4v) is 7.20. The van der Waals surface area contributed by atoms with E-state index < -0.39 is 11.6 Å². The number of nitrogens with zero attached hydrogens (tertiary/aromatic N) is 3. The van der Waals surface area contributed by atoms with Gasteiger partial charge in [-0.3, -0.25) is 4.79 Å². The van der Waals surface area contributed by atoms with Crippen LogP contribution in [0.1, 0.15) is 60.4 Å². The maximum absolute atomic E-state index is 15.3. The number of hydrogen-bond donors (Lipinski definition) is 1. The summed E-state index contributed by atoms with van der Waals surface area (Å²) in [6, 6.07) is 11.0. The van der Waals surface area contributed by atoms with Crippen molar-refractivity contribution < 1.29 is 28.5 Å². The monoisotopic (exact) mass is 597 g/mol. The lowest BCUT2D eigenvalue weighted by atomic mass is 9.86. The van der Waals surface area contributed by atoms with Crippen LogP contribution in [0.4, 0.5) is 10.1 Å². The molecule has 2 aromatic carbocycles. The van der Waals surface area contributed by atoms with Crippen molar-refractivity contribution >= 4 is 22.6 Å². The van der Waals surface area contributed by atoms with E-state index in [9.17, 15) is 14.7 Å². The van der Waals surface area contributed by atoms with Gasteiger partial charge in [0.2, 0.25) is 6.79 Å². The number of fused-ring (bicyclic) bond motifs is 6. The highest BCUT2D eigenvalue weighted by molar-refractivity contribution is 5.91. The number of anilines is 1. The fourth-order valence-electron chi connectivity index (χ4n) is 7.20. The van der Waals surface area contributed by atoms with E-state index in [-0.39, 0.29) is 48.9 Å². The number of carbonyl (C=O) groups excluding carboxylic acids is 1. The minimum atomic E-state index is -1.90. The van der Waals surface area contributed by atoms with Crippen molar-refractivity contribution in [2.24, 2.45) is 0 Å². The number of benzene rings is 2. The third-order valence-electron chi connectivity index (χ3n) is 9.67. The number of rotatable bonds is 5. The first-order valence-electron chi connectivity index (χ1n) is 15.3. The molecule has 1 fully saturated rings. The van der Waals surface area contributed by atoms with E-state index in [1.54, 1.807) is 23.6 Å². The van der Waals surface area contributed by atoms with E-state index >= 15 is 4.39 Å². The van der Waals surface area contributed by atoms with Crippen LogP contribution in [0.25, 0.3) is 22.3 Å². The number of pyridine rings is 2. The van der Waals surface area contributed by atoms with Crippen molar-refractivity contribution in [1.82, 2.24) is 9.55 Å². The minimum absolute atomic E-state index is 0.0710. The lowest BCUT2D eigenvalue weighted by Gasteiger charge is -2.31. The smallest absolute Gasteiger partial charge is 0.343 e. The highest BCUT2D eigenvalue weighted by Gasteiger charge is 2.45. The van der Waals surface area contributed by atoms with Gasteiger partial charge in [0.05, 0.1) is 34.7 Å². The zero-order chi connectivity index (χ0) is 30.2. The number of piperidine rings is 1. The zero-order valence-electron chi connectivity index (χ0n) is 24.5. The van der Waals surface area contributed by atoms with Gasteiger partial charge < -0.3 is 28.8 Å². The number of esters is 1. The third-order valence-corrected chi connectivity index (χ3v) is 9.67. The molecule has 0 amide bonds. The van der Waals surface area contributed by atoms with Gasteiger partial charge in [-0.15, -0.1) is 0 Å². The first-order chi connectivity index (χ1) is 21.4. The van der Waals surface area contributed by atoms with Gasteiger partial charge in [-0.1, -0.05) is 13.0 Å². The molecule has 226 valence electrons. The topological polar surface area (TPSA) is 103 Å². The summed E-state index contributed by atoms with van der Waals surface area (Å²) < 4.78 is 33.5. The molecule has 0 saturated carbocycles. The van der Waals surface area contributed by atoms with E-state index in [0.717, 1.165) is 48.0 Å². The molecule has 0 aliphatic carbocycles. The Morgan fingerprint density at radius 2 is 1.77 bits per heavy atom. The number of aryl methyl sites for hydroxylation is 2. The van der Waals surface area contributed by atoms with Gasteiger partial charge >= 0.3 is 5.97 Å². The average Bonchev–Trinajstić information content (AvgIpc) is 3.65. The lowest BCUT2D eigenvalue weighted by molar-refractivity contribution is -0.172. The summed E-state index contributed by atoms with van der Waals surface area (Å²) in [5, 5.41) is 12.1. The number of carbonyl (C=O) groups is 1. The molecular formula is C34H32FN3O6. The Labute approximate surface area is 252 Å². The van der Waals surface area contributed by atoms with Gasteiger partial charge in [0.15, 0.2) is 17.1 Å². The fraction of sp³-hybridized carbons (Fsp3) is 0.382. The summed E-state index contributed by atoms with van der Waals surface area (Å²) in [5.74, 6) is 0.259. The van der Waals surface area contributed by atoms with E-state index in [4.69, 9.17) is 19.2 Å². The average molecular weight is 598 g/mol. The Hall–Kier alpha value is -4.44. The Morgan fingerprint density at radius 3 is 2.55 bits per heavy atom. The maximum Gasteiger partial charge on any atom is 0.343 e. The molecule has 1 N–H and O–H groups in total. The first kappa shape index (κ1) is 27.1. The second kappa shape index (κ2) is 10.1. The van der Waals surface area contributed by atoms with Crippen molar-refractivity contribution in [2.45, 2.75) is 64.2 Å². The molecule has 0 bridgehead atoms. The van der Waals surface area contributed by atoms with Crippen LogP contribution in [0.15, 0.2) is 41.2 Å². The molecular weight excluding hydrogens is 565 g/mol. The summed E-state index contributed by atoms with van der Waals surface area (Å²) in [4.78, 5) is 33.5. The minimum Gasteiger partial charge on any atom is -0.458 e. The van der Waals surface area contributed by atoms with Gasteiger partial charge in [0, 0.05) is 35.7 Å². The van der Waals surface area contributed by atoms with Gasteiger partial charge in [-0.05, 0) is 73.9 Å². The van der Waals surface area contributed by atoms with Crippen LogP contribution in [0.5, 0.6) is 11.5 Å². The number of cyclic esters (lactones) is 1. The Balaban J connectivity index is 1.23. The van der Waals surface area contributed by atoms with Gasteiger partial charge in [0.25, 0.3) is 5.56 Å². The summed E-state index contributed by atoms with van der Waals surface area (Å²) in [5.41, 5.74) is 3.60. The number of aromatic nitrogens is 2.